The zero-order valence-corrected chi connectivity index (χ0v) is 27.8. The van der Waals surface area contributed by atoms with E-state index in [4.69, 9.17) is 5.73 Å². The van der Waals surface area contributed by atoms with Crippen LogP contribution in [0.2, 0.25) is 0 Å². The van der Waals surface area contributed by atoms with Gasteiger partial charge in [0.05, 0.1) is 6.04 Å². The summed E-state index contributed by atoms with van der Waals surface area (Å²) in [5, 5.41) is 29.4. The van der Waals surface area contributed by atoms with Crippen LogP contribution in [0, 0.1) is 0 Å². The summed E-state index contributed by atoms with van der Waals surface area (Å²) in [7, 11) is 0. The quantitative estimate of drug-likeness (QED) is 0.0775. The molecule has 256 valence electrons. The number of hydrogen-bond acceptors (Lipinski definition) is 7. The first kappa shape index (κ1) is 35.0. The molecule has 0 fully saturated rings. The number of benzene rings is 3. The van der Waals surface area contributed by atoms with Crippen LogP contribution in [-0.2, 0) is 38.4 Å². The van der Waals surface area contributed by atoms with Crippen molar-refractivity contribution in [3.05, 3.63) is 102 Å². The van der Waals surface area contributed by atoms with Gasteiger partial charge in [0.1, 0.15) is 23.9 Å². The van der Waals surface area contributed by atoms with E-state index in [1.807, 2.05) is 54.8 Å². The Hall–Kier alpha value is -5.27. The summed E-state index contributed by atoms with van der Waals surface area (Å²) in [6.45, 7) is 0. The number of para-hydroxylation sites is 2. The van der Waals surface area contributed by atoms with Gasteiger partial charge in [-0.2, -0.15) is 11.8 Å². The third-order valence-electron chi connectivity index (χ3n) is 8.42. The Morgan fingerprint density at radius 2 is 1.20 bits per heavy atom. The van der Waals surface area contributed by atoms with E-state index in [2.05, 4.69) is 25.9 Å². The third kappa shape index (κ3) is 9.00. The Morgan fingerprint density at radius 3 is 1.71 bits per heavy atom. The van der Waals surface area contributed by atoms with Crippen LogP contribution in [0.5, 0.6) is 5.75 Å². The van der Waals surface area contributed by atoms with Gasteiger partial charge in [-0.1, -0.05) is 48.5 Å². The standard InChI is InChI=1S/C36H40N6O6S/c1-49-15-14-30(36(47)48)40-34(45)32(18-23-20-39-29-9-5-3-7-26(23)29)42-35(46)31(17-22-19-38-28-8-4-2-6-25(22)28)41-33(44)27(37)16-21-10-12-24(43)13-11-21/h2-13,19-20,27,30-32,38-39,43H,14-18,37H2,1H3,(H,40,45)(H,41,44)(H,42,46)(H,47,48). The molecule has 4 unspecified atom stereocenters. The Bertz CT molecular complexity index is 1920. The number of hydrogen-bond donors (Lipinski definition) is 8. The van der Waals surface area contributed by atoms with Gasteiger partial charge < -0.3 is 41.9 Å². The average Bonchev–Trinajstić information content (AvgIpc) is 3.70. The van der Waals surface area contributed by atoms with Crippen LogP contribution < -0.4 is 21.7 Å². The summed E-state index contributed by atoms with van der Waals surface area (Å²) in [5.41, 5.74) is 10.2. The number of H-pyrrole nitrogens is 2. The lowest BCUT2D eigenvalue weighted by atomic mass is 10.0. The number of fused-ring (bicyclic) bond motifs is 2. The van der Waals surface area contributed by atoms with Crippen molar-refractivity contribution in [3.63, 3.8) is 0 Å². The summed E-state index contributed by atoms with van der Waals surface area (Å²) >= 11 is 1.46. The molecule has 0 bridgehead atoms. The van der Waals surface area contributed by atoms with Gasteiger partial charge in [0.15, 0.2) is 0 Å². The highest BCUT2D eigenvalue weighted by molar-refractivity contribution is 7.98. The SMILES string of the molecule is CSCCC(NC(=O)C(Cc1c[nH]c2ccccc12)NC(=O)C(Cc1c[nH]c2ccccc12)NC(=O)C(N)Cc1ccc(O)cc1)C(=O)O. The summed E-state index contributed by atoms with van der Waals surface area (Å²) in [6.07, 6.45) is 5.88. The topological polar surface area (TPSA) is 202 Å². The number of amides is 3. The lowest BCUT2D eigenvalue weighted by Crippen LogP contribution is -2.58. The van der Waals surface area contributed by atoms with E-state index in [0.717, 1.165) is 38.5 Å². The first-order valence-corrected chi connectivity index (χ1v) is 17.3. The molecule has 0 aliphatic rings. The molecule has 5 rings (SSSR count). The van der Waals surface area contributed by atoms with Crippen LogP contribution in [0.25, 0.3) is 21.8 Å². The van der Waals surface area contributed by atoms with Gasteiger partial charge in [-0.05, 0) is 65.8 Å². The average molecular weight is 685 g/mol. The van der Waals surface area contributed by atoms with Crippen molar-refractivity contribution < 1.29 is 29.4 Å². The van der Waals surface area contributed by atoms with Gasteiger partial charge in [0.2, 0.25) is 17.7 Å². The first-order valence-electron chi connectivity index (χ1n) is 15.9. The van der Waals surface area contributed by atoms with Crippen LogP contribution in [0.15, 0.2) is 85.2 Å². The number of carbonyl (C=O) groups is 4. The molecular formula is C36H40N6O6S. The number of aromatic nitrogens is 2. The van der Waals surface area contributed by atoms with E-state index < -0.39 is 47.9 Å². The van der Waals surface area contributed by atoms with Gasteiger partial charge in [-0.15, -0.1) is 0 Å². The van der Waals surface area contributed by atoms with E-state index in [9.17, 15) is 29.4 Å². The van der Waals surface area contributed by atoms with E-state index in [1.165, 1.54) is 23.9 Å². The molecule has 2 heterocycles. The number of rotatable bonds is 16. The number of carbonyl (C=O) groups excluding carboxylic acids is 3. The Morgan fingerprint density at radius 1 is 0.714 bits per heavy atom. The molecule has 0 radical (unpaired) electrons. The lowest BCUT2D eigenvalue weighted by Gasteiger charge is -2.25. The maximum absolute atomic E-state index is 14.1. The fraction of sp³-hybridized carbons (Fsp3) is 0.278. The second-order valence-electron chi connectivity index (χ2n) is 11.9. The highest BCUT2D eigenvalue weighted by atomic mass is 32.2. The molecule has 0 spiro atoms. The predicted molar refractivity (Wildman–Crippen MR) is 190 cm³/mol. The van der Waals surface area contributed by atoms with Crippen molar-refractivity contribution in [3.8, 4) is 5.75 Å². The molecule has 49 heavy (non-hydrogen) atoms. The number of carboxylic acid groups (broad SMARTS) is 1. The summed E-state index contributed by atoms with van der Waals surface area (Å²) in [4.78, 5) is 59.7. The lowest BCUT2D eigenvalue weighted by molar-refractivity contribution is -0.142. The molecule has 4 atom stereocenters. The van der Waals surface area contributed by atoms with Gasteiger partial charge in [-0.3, -0.25) is 14.4 Å². The maximum atomic E-state index is 14.1. The van der Waals surface area contributed by atoms with Crippen LogP contribution >= 0.6 is 11.8 Å². The molecule has 0 aliphatic carbocycles. The number of phenols is 1. The predicted octanol–water partition coefficient (Wildman–Crippen LogP) is 3.00. The number of nitrogens with two attached hydrogens (primary N) is 1. The molecule has 9 N–H and O–H groups in total. The van der Waals surface area contributed by atoms with Crippen LogP contribution in [0.4, 0.5) is 0 Å². The van der Waals surface area contributed by atoms with Crippen molar-refractivity contribution in [2.75, 3.05) is 12.0 Å². The normalized spacial score (nSPS) is 13.8. The molecular weight excluding hydrogens is 644 g/mol. The zero-order chi connectivity index (χ0) is 34.9. The minimum absolute atomic E-state index is 0.0601. The molecule has 5 aromatic rings. The summed E-state index contributed by atoms with van der Waals surface area (Å²) < 4.78 is 0. The Balaban J connectivity index is 1.42. The number of aliphatic carboxylic acids is 1. The van der Waals surface area contributed by atoms with E-state index in [-0.39, 0.29) is 31.4 Å². The molecule has 3 aromatic carbocycles. The maximum Gasteiger partial charge on any atom is 0.326 e. The van der Waals surface area contributed by atoms with Crippen molar-refractivity contribution in [1.29, 1.82) is 0 Å². The highest BCUT2D eigenvalue weighted by Crippen LogP contribution is 2.21. The number of aromatic hydroxyl groups is 1. The van der Waals surface area contributed by atoms with E-state index in [1.54, 1.807) is 24.5 Å². The molecule has 2 aromatic heterocycles. The van der Waals surface area contributed by atoms with Gasteiger partial charge in [-0.25, -0.2) is 4.79 Å². The smallest absolute Gasteiger partial charge is 0.326 e. The summed E-state index contributed by atoms with van der Waals surface area (Å²) in [6, 6.07) is 17.0. The Labute approximate surface area is 287 Å². The van der Waals surface area contributed by atoms with Crippen molar-refractivity contribution in [2.24, 2.45) is 5.73 Å². The van der Waals surface area contributed by atoms with Crippen LogP contribution in [0.3, 0.4) is 0 Å². The zero-order valence-electron chi connectivity index (χ0n) is 26.9. The number of phenolic OH excluding ortho intramolecular Hbond substituents is 1. The third-order valence-corrected chi connectivity index (χ3v) is 9.06. The summed E-state index contributed by atoms with van der Waals surface area (Å²) in [5.74, 6) is -2.44. The largest absolute Gasteiger partial charge is 0.508 e. The van der Waals surface area contributed by atoms with Gasteiger partial charge in [0, 0.05) is 47.0 Å². The van der Waals surface area contributed by atoms with Gasteiger partial charge in [0.25, 0.3) is 0 Å². The first-order chi connectivity index (χ1) is 23.6. The van der Waals surface area contributed by atoms with Crippen LogP contribution in [-0.4, -0.2) is 80.0 Å². The van der Waals surface area contributed by atoms with Crippen LogP contribution in [0.1, 0.15) is 23.1 Å². The minimum atomic E-state index is -1.17. The second kappa shape index (κ2) is 16.2. The fourth-order valence-electron chi connectivity index (χ4n) is 5.75. The number of nitrogens with one attached hydrogen (secondary N) is 5. The van der Waals surface area contributed by atoms with E-state index >= 15 is 0 Å². The monoisotopic (exact) mass is 684 g/mol. The molecule has 13 heteroatoms. The molecule has 0 saturated heterocycles. The minimum Gasteiger partial charge on any atom is -0.508 e. The van der Waals surface area contributed by atoms with Gasteiger partial charge >= 0.3 is 5.97 Å². The Kier molecular flexibility index (Phi) is 11.6. The van der Waals surface area contributed by atoms with E-state index in [0.29, 0.717) is 5.75 Å². The molecule has 12 nitrogen and oxygen atoms in total. The van der Waals surface area contributed by atoms with Crippen molar-refractivity contribution >= 4 is 57.3 Å². The molecule has 0 aliphatic heterocycles. The molecule has 0 saturated carbocycles. The number of thioether (sulfide) groups is 1. The number of aromatic amines is 2. The van der Waals surface area contributed by atoms with Crippen molar-refractivity contribution in [1.82, 2.24) is 25.9 Å². The highest BCUT2D eigenvalue weighted by Gasteiger charge is 2.31. The van der Waals surface area contributed by atoms with Crippen molar-refractivity contribution in [2.45, 2.75) is 49.9 Å². The second-order valence-corrected chi connectivity index (χ2v) is 12.9. The fourth-order valence-corrected chi connectivity index (χ4v) is 6.23. The number of carboxylic acids is 1. The molecule has 3 amide bonds.